The zero-order chi connectivity index (χ0) is 13.1. The van der Waals surface area contributed by atoms with Crippen LogP contribution in [0.3, 0.4) is 0 Å². The van der Waals surface area contributed by atoms with E-state index >= 15 is 0 Å². The minimum Gasteiger partial charge on any atom is -0.351 e. The summed E-state index contributed by atoms with van der Waals surface area (Å²) in [4.78, 5) is 16.7. The molecule has 1 aromatic rings. The third kappa shape index (κ3) is 2.59. The zero-order valence-corrected chi connectivity index (χ0v) is 10.5. The first-order chi connectivity index (χ1) is 8.59. The van der Waals surface area contributed by atoms with E-state index in [0.717, 1.165) is 25.7 Å². The van der Waals surface area contributed by atoms with Crippen LogP contribution in [0.4, 0.5) is 11.5 Å². The lowest BCUT2D eigenvalue weighted by molar-refractivity contribution is -0.384. The van der Waals surface area contributed by atoms with Crippen molar-refractivity contribution < 1.29 is 4.92 Å². The Bertz CT molecular complexity index is 430. The highest BCUT2D eigenvalue weighted by atomic mass is 16.6. The Kier molecular flexibility index (Phi) is 3.76. The Morgan fingerprint density at radius 3 is 2.72 bits per heavy atom. The largest absolute Gasteiger partial charge is 0.351 e. The van der Waals surface area contributed by atoms with Crippen LogP contribution >= 0.6 is 0 Å². The molecule has 1 aliphatic carbocycles. The fourth-order valence-corrected chi connectivity index (χ4v) is 2.46. The van der Waals surface area contributed by atoms with Crippen molar-refractivity contribution in [1.82, 2.24) is 4.98 Å². The lowest BCUT2D eigenvalue weighted by atomic mass is 9.91. The fourth-order valence-electron chi connectivity index (χ4n) is 2.46. The summed E-state index contributed by atoms with van der Waals surface area (Å²) in [5.74, 6) is 0.447. The van der Waals surface area contributed by atoms with Crippen LogP contribution in [-0.4, -0.2) is 29.0 Å². The molecule has 1 saturated carbocycles. The van der Waals surface area contributed by atoms with Crippen LogP contribution in [0.15, 0.2) is 18.3 Å². The number of hydrogen-bond acceptors (Lipinski definition) is 5. The Morgan fingerprint density at radius 1 is 1.44 bits per heavy atom. The van der Waals surface area contributed by atoms with Crippen molar-refractivity contribution in [3.8, 4) is 0 Å². The van der Waals surface area contributed by atoms with E-state index in [4.69, 9.17) is 5.73 Å². The van der Waals surface area contributed by atoms with Gasteiger partial charge in [0.05, 0.1) is 4.92 Å². The standard InChI is InChI=1S/C12H18N4O2/c1-15(10-6-4-9(13)5-7-10)12-11(16(17)18)3-2-8-14-12/h2-3,8-10H,4-7,13H2,1H3. The number of pyridine rings is 1. The summed E-state index contributed by atoms with van der Waals surface area (Å²) in [5.41, 5.74) is 5.94. The van der Waals surface area contributed by atoms with Gasteiger partial charge in [0.1, 0.15) is 0 Å². The summed E-state index contributed by atoms with van der Waals surface area (Å²) < 4.78 is 0. The molecule has 0 unspecified atom stereocenters. The Morgan fingerprint density at radius 2 is 2.11 bits per heavy atom. The molecule has 2 rings (SSSR count). The van der Waals surface area contributed by atoms with Crippen LogP contribution in [0.5, 0.6) is 0 Å². The second-order valence-electron chi connectivity index (χ2n) is 4.78. The second-order valence-corrected chi connectivity index (χ2v) is 4.78. The average Bonchev–Trinajstić information content (AvgIpc) is 2.39. The van der Waals surface area contributed by atoms with Gasteiger partial charge in [0.2, 0.25) is 5.82 Å². The fraction of sp³-hybridized carbons (Fsp3) is 0.583. The smallest absolute Gasteiger partial charge is 0.311 e. The van der Waals surface area contributed by atoms with Gasteiger partial charge >= 0.3 is 5.69 Å². The predicted molar refractivity (Wildman–Crippen MR) is 69.5 cm³/mol. The number of rotatable bonds is 3. The van der Waals surface area contributed by atoms with Crippen molar-refractivity contribution in [2.24, 2.45) is 5.73 Å². The zero-order valence-electron chi connectivity index (χ0n) is 10.5. The van der Waals surface area contributed by atoms with E-state index in [2.05, 4.69) is 4.98 Å². The molecule has 0 bridgehead atoms. The first-order valence-corrected chi connectivity index (χ1v) is 6.17. The molecule has 1 aliphatic rings. The van der Waals surface area contributed by atoms with Crippen LogP contribution < -0.4 is 10.6 Å². The highest BCUT2D eigenvalue weighted by molar-refractivity contribution is 5.57. The predicted octanol–water partition coefficient (Wildman–Crippen LogP) is 1.70. The maximum Gasteiger partial charge on any atom is 0.311 e. The van der Waals surface area contributed by atoms with Gasteiger partial charge in [-0.25, -0.2) is 4.98 Å². The molecule has 1 fully saturated rings. The van der Waals surface area contributed by atoms with Crippen molar-refractivity contribution in [3.63, 3.8) is 0 Å². The first kappa shape index (κ1) is 12.8. The van der Waals surface area contributed by atoms with Crippen molar-refractivity contribution in [1.29, 1.82) is 0 Å². The maximum absolute atomic E-state index is 11.0. The molecular formula is C12H18N4O2. The van der Waals surface area contributed by atoms with Crippen LogP contribution in [-0.2, 0) is 0 Å². The van der Waals surface area contributed by atoms with E-state index in [-0.39, 0.29) is 16.7 Å². The molecule has 1 aromatic heterocycles. The van der Waals surface area contributed by atoms with Crippen molar-refractivity contribution >= 4 is 11.5 Å². The molecule has 98 valence electrons. The molecule has 1 heterocycles. The van der Waals surface area contributed by atoms with Gasteiger partial charge in [0, 0.05) is 31.4 Å². The van der Waals surface area contributed by atoms with Gasteiger partial charge in [0.25, 0.3) is 0 Å². The number of nitrogens with zero attached hydrogens (tertiary/aromatic N) is 3. The van der Waals surface area contributed by atoms with Gasteiger partial charge < -0.3 is 10.6 Å². The maximum atomic E-state index is 11.0. The van der Waals surface area contributed by atoms with Gasteiger partial charge in [0.15, 0.2) is 0 Å². The Hall–Kier alpha value is -1.69. The third-order valence-electron chi connectivity index (χ3n) is 3.59. The molecule has 6 heteroatoms. The topological polar surface area (TPSA) is 85.3 Å². The summed E-state index contributed by atoms with van der Waals surface area (Å²) in [6.45, 7) is 0. The number of hydrogen-bond donors (Lipinski definition) is 1. The summed E-state index contributed by atoms with van der Waals surface area (Å²) in [5, 5.41) is 11.0. The van der Waals surface area contributed by atoms with E-state index in [0.29, 0.717) is 11.9 Å². The van der Waals surface area contributed by atoms with E-state index in [1.54, 1.807) is 12.3 Å². The van der Waals surface area contributed by atoms with E-state index in [9.17, 15) is 10.1 Å². The van der Waals surface area contributed by atoms with Gasteiger partial charge in [-0.3, -0.25) is 10.1 Å². The summed E-state index contributed by atoms with van der Waals surface area (Å²) in [6, 6.07) is 3.64. The molecule has 0 aliphatic heterocycles. The van der Waals surface area contributed by atoms with Crippen molar-refractivity contribution in [2.45, 2.75) is 37.8 Å². The average molecular weight is 250 g/mol. The van der Waals surface area contributed by atoms with Gasteiger partial charge in [-0.1, -0.05) is 0 Å². The number of nitro groups is 1. The third-order valence-corrected chi connectivity index (χ3v) is 3.59. The molecular weight excluding hydrogens is 232 g/mol. The minimum atomic E-state index is -0.382. The van der Waals surface area contributed by atoms with Crippen molar-refractivity contribution in [3.05, 3.63) is 28.4 Å². The molecule has 18 heavy (non-hydrogen) atoms. The first-order valence-electron chi connectivity index (χ1n) is 6.17. The molecule has 0 amide bonds. The second kappa shape index (κ2) is 5.30. The van der Waals surface area contributed by atoms with E-state index in [1.807, 2.05) is 11.9 Å². The highest BCUT2D eigenvalue weighted by Crippen LogP contribution is 2.30. The lowest BCUT2D eigenvalue weighted by Gasteiger charge is -2.33. The van der Waals surface area contributed by atoms with E-state index in [1.165, 1.54) is 6.07 Å². The number of nitrogens with two attached hydrogens (primary N) is 1. The summed E-state index contributed by atoms with van der Waals surface area (Å²) in [7, 11) is 1.87. The normalized spacial score (nSPS) is 23.7. The molecule has 0 atom stereocenters. The molecule has 6 nitrogen and oxygen atoms in total. The van der Waals surface area contributed by atoms with Crippen LogP contribution in [0.1, 0.15) is 25.7 Å². The summed E-state index contributed by atoms with van der Waals surface area (Å²) >= 11 is 0. The quantitative estimate of drug-likeness (QED) is 0.651. The van der Waals surface area contributed by atoms with Gasteiger partial charge in [-0.2, -0.15) is 0 Å². The minimum absolute atomic E-state index is 0.0647. The van der Waals surface area contributed by atoms with Crippen LogP contribution in [0, 0.1) is 10.1 Å². The molecule has 2 N–H and O–H groups in total. The lowest BCUT2D eigenvalue weighted by Crippen LogP contribution is -2.39. The molecule has 0 spiro atoms. The summed E-state index contributed by atoms with van der Waals surface area (Å²) in [6.07, 6.45) is 5.45. The van der Waals surface area contributed by atoms with E-state index < -0.39 is 0 Å². The number of aromatic nitrogens is 1. The van der Waals surface area contributed by atoms with Crippen LogP contribution in [0.2, 0.25) is 0 Å². The van der Waals surface area contributed by atoms with Crippen LogP contribution in [0.25, 0.3) is 0 Å². The SMILES string of the molecule is CN(c1ncccc1[N+](=O)[O-])C1CCC(N)CC1. The highest BCUT2D eigenvalue weighted by Gasteiger charge is 2.27. The molecule has 0 saturated heterocycles. The molecule has 0 radical (unpaired) electrons. The van der Waals surface area contributed by atoms with Gasteiger partial charge in [-0.15, -0.1) is 0 Å². The monoisotopic (exact) mass is 250 g/mol. The Balaban J connectivity index is 2.18. The van der Waals surface area contributed by atoms with Gasteiger partial charge in [-0.05, 0) is 31.7 Å². The number of anilines is 1. The Labute approximate surface area is 106 Å². The van der Waals surface area contributed by atoms with Crippen molar-refractivity contribution in [2.75, 3.05) is 11.9 Å². The molecule has 0 aromatic carbocycles.